The van der Waals surface area contributed by atoms with Gasteiger partial charge in [0.05, 0.1) is 31.5 Å². The number of benzene rings is 1. The quantitative estimate of drug-likeness (QED) is 0.251. The van der Waals surface area contributed by atoms with Gasteiger partial charge in [-0.25, -0.2) is 14.4 Å². The molecule has 14 nitrogen and oxygen atoms in total. The van der Waals surface area contributed by atoms with Crippen LogP contribution >= 0.6 is 0 Å². The molecule has 6 heterocycles. The first-order chi connectivity index (χ1) is 21.5. The number of carbonyl (C=O) groups is 1. The zero-order valence-electron chi connectivity index (χ0n) is 24.2. The van der Waals surface area contributed by atoms with E-state index >= 15 is 4.39 Å². The average Bonchev–Trinajstić information content (AvgIpc) is 3.81. The summed E-state index contributed by atoms with van der Waals surface area (Å²) < 4.78 is 29.3. The molecule has 230 valence electrons. The largest absolute Gasteiger partial charge is 0.461 e. The number of hydrogen-bond donors (Lipinski definition) is 2. The minimum atomic E-state index is -0.386. The third-order valence-electron chi connectivity index (χ3n) is 8.21. The van der Waals surface area contributed by atoms with Crippen molar-refractivity contribution in [1.29, 1.82) is 0 Å². The van der Waals surface area contributed by atoms with E-state index in [-0.39, 0.29) is 17.7 Å². The highest BCUT2D eigenvalue weighted by molar-refractivity contribution is 5.94. The van der Waals surface area contributed by atoms with Crippen LogP contribution in [0.4, 0.5) is 16.0 Å². The Labute approximate surface area is 252 Å². The Balaban J connectivity index is 0.933. The third-order valence-corrected chi connectivity index (χ3v) is 8.21. The highest BCUT2D eigenvalue weighted by Crippen LogP contribution is 2.24. The topological polar surface area (TPSA) is 148 Å². The normalized spacial score (nSPS) is 16.7. The molecule has 3 N–H and O–H groups in total. The summed E-state index contributed by atoms with van der Waals surface area (Å²) in [7, 11) is 0. The predicted molar refractivity (Wildman–Crippen MR) is 161 cm³/mol. The van der Waals surface area contributed by atoms with Crippen molar-refractivity contribution in [2.45, 2.75) is 6.54 Å². The number of carbonyl (C=O) groups excluding carboxylic acids is 1. The Bertz CT molecular complexity index is 1760. The first kappa shape index (κ1) is 28.2. The van der Waals surface area contributed by atoms with E-state index in [9.17, 15) is 4.79 Å². The van der Waals surface area contributed by atoms with Gasteiger partial charge in [-0.15, -0.1) is 5.10 Å². The Morgan fingerprint density at radius 2 is 1.80 bits per heavy atom. The van der Waals surface area contributed by atoms with Gasteiger partial charge in [-0.3, -0.25) is 14.6 Å². The van der Waals surface area contributed by atoms with Crippen molar-refractivity contribution in [1.82, 2.24) is 44.2 Å². The van der Waals surface area contributed by atoms with Crippen LogP contribution in [0.5, 0.6) is 0 Å². The van der Waals surface area contributed by atoms with Crippen molar-refractivity contribution in [2.75, 3.05) is 82.8 Å². The predicted octanol–water partition coefficient (Wildman–Crippen LogP) is 1.34. The van der Waals surface area contributed by atoms with Gasteiger partial charge in [-0.05, 0) is 30.3 Å². The maximum Gasteiger partial charge on any atom is 0.251 e. The van der Waals surface area contributed by atoms with Crippen LogP contribution < -0.4 is 16.0 Å². The lowest BCUT2D eigenvalue weighted by atomic mass is 10.1. The van der Waals surface area contributed by atoms with Crippen molar-refractivity contribution in [3.05, 3.63) is 54.3 Å². The van der Waals surface area contributed by atoms with Crippen LogP contribution in [-0.4, -0.2) is 117 Å². The molecule has 0 aliphatic carbocycles. The third kappa shape index (κ3) is 5.68. The van der Waals surface area contributed by atoms with Crippen molar-refractivity contribution in [3.8, 4) is 11.6 Å². The standard InChI is InChI=1S/C29H34FN11O3/c30-21-18-20(28(42)32-5-6-37-13-16-43-17-14-37)3-4-22(21)39-10-7-38(8-11-39)9-12-40-19-33-24-26(40)35-29(31)41-27(24)34-25(36-41)23-2-1-15-44-23/h1-4,15,18-19H,5-14,16-17H2,(H2,31,35)(H,32,42). The number of imidazole rings is 1. The zero-order chi connectivity index (χ0) is 30.0. The SMILES string of the molecule is Nc1nc2c(ncn2CCN2CCN(c3ccc(C(=O)NCCN4CCOCC4)cc3F)CC2)c2nc(-c3ccco3)nn12. The fourth-order valence-electron chi connectivity index (χ4n) is 5.73. The van der Waals surface area contributed by atoms with Crippen LogP contribution in [0.15, 0.2) is 47.3 Å². The summed E-state index contributed by atoms with van der Waals surface area (Å²) in [6.45, 7) is 8.73. The lowest BCUT2D eigenvalue weighted by Gasteiger charge is -2.36. The number of piperazine rings is 1. The molecule has 0 spiro atoms. The van der Waals surface area contributed by atoms with Gasteiger partial charge in [0.15, 0.2) is 22.6 Å². The molecule has 2 fully saturated rings. The Kier molecular flexibility index (Phi) is 7.80. The summed E-state index contributed by atoms with van der Waals surface area (Å²) in [6, 6.07) is 8.29. The van der Waals surface area contributed by atoms with Gasteiger partial charge in [0, 0.05) is 71.0 Å². The van der Waals surface area contributed by atoms with Gasteiger partial charge < -0.3 is 29.7 Å². The second kappa shape index (κ2) is 12.2. The number of nitrogens with two attached hydrogens (primary N) is 1. The smallest absolute Gasteiger partial charge is 0.251 e. The van der Waals surface area contributed by atoms with E-state index < -0.39 is 0 Å². The van der Waals surface area contributed by atoms with Gasteiger partial charge in [0.1, 0.15) is 5.82 Å². The minimum absolute atomic E-state index is 0.215. The van der Waals surface area contributed by atoms with Crippen molar-refractivity contribution in [2.24, 2.45) is 0 Å². The second-order valence-electron chi connectivity index (χ2n) is 10.9. The van der Waals surface area contributed by atoms with Gasteiger partial charge in [0.2, 0.25) is 11.8 Å². The summed E-state index contributed by atoms with van der Waals surface area (Å²) in [5, 5.41) is 7.32. The number of aromatic nitrogens is 6. The summed E-state index contributed by atoms with van der Waals surface area (Å²) in [4.78, 5) is 32.9. The molecular weight excluding hydrogens is 569 g/mol. The Morgan fingerprint density at radius 3 is 2.57 bits per heavy atom. The number of nitrogen functional groups attached to an aromatic ring is 1. The van der Waals surface area contributed by atoms with Crippen LogP contribution in [-0.2, 0) is 11.3 Å². The first-order valence-corrected chi connectivity index (χ1v) is 14.8. The van der Waals surface area contributed by atoms with Gasteiger partial charge in [-0.1, -0.05) is 0 Å². The lowest BCUT2D eigenvalue weighted by Crippen LogP contribution is -2.47. The minimum Gasteiger partial charge on any atom is -0.461 e. The summed E-state index contributed by atoms with van der Waals surface area (Å²) in [5.41, 5.74) is 8.83. The summed E-state index contributed by atoms with van der Waals surface area (Å²) in [5.74, 6) is 0.516. The van der Waals surface area contributed by atoms with Gasteiger partial charge >= 0.3 is 0 Å². The van der Waals surface area contributed by atoms with Crippen LogP contribution in [0.3, 0.4) is 0 Å². The number of amides is 1. The zero-order valence-corrected chi connectivity index (χ0v) is 24.2. The molecule has 2 saturated heterocycles. The molecule has 0 saturated carbocycles. The van der Waals surface area contributed by atoms with E-state index in [1.54, 1.807) is 36.9 Å². The molecule has 0 atom stereocenters. The Morgan fingerprint density at radius 1 is 0.977 bits per heavy atom. The molecule has 5 aromatic rings. The fourth-order valence-corrected chi connectivity index (χ4v) is 5.73. The molecule has 2 aliphatic rings. The monoisotopic (exact) mass is 603 g/mol. The van der Waals surface area contributed by atoms with Crippen molar-refractivity contribution < 1.29 is 18.3 Å². The molecule has 1 aromatic carbocycles. The highest BCUT2D eigenvalue weighted by atomic mass is 19.1. The van der Waals surface area contributed by atoms with Crippen LogP contribution in [0.2, 0.25) is 0 Å². The Hall–Kier alpha value is -4.60. The van der Waals surface area contributed by atoms with Crippen molar-refractivity contribution in [3.63, 3.8) is 0 Å². The number of ether oxygens (including phenoxy) is 1. The number of hydrogen-bond acceptors (Lipinski definition) is 11. The molecule has 2 aliphatic heterocycles. The van der Waals surface area contributed by atoms with E-state index in [0.717, 1.165) is 39.3 Å². The van der Waals surface area contributed by atoms with E-state index in [4.69, 9.17) is 14.9 Å². The van der Waals surface area contributed by atoms with Crippen LogP contribution in [0.1, 0.15) is 10.4 Å². The number of fused-ring (bicyclic) bond motifs is 3. The fraction of sp³-hybridized carbons (Fsp3) is 0.414. The highest BCUT2D eigenvalue weighted by Gasteiger charge is 2.22. The first-order valence-electron chi connectivity index (χ1n) is 14.8. The molecule has 0 unspecified atom stereocenters. The molecule has 0 radical (unpaired) electrons. The van der Waals surface area contributed by atoms with E-state index in [1.165, 1.54) is 10.6 Å². The molecule has 4 aromatic heterocycles. The number of anilines is 2. The van der Waals surface area contributed by atoms with Crippen molar-refractivity contribution >= 4 is 34.4 Å². The molecule has 1 amide bonds. The van der Waals surface area contributed by atoms with E-state index in [0.29, 0.717) is 79.0 Å². The number of nitrogens with zero attached hydrogens (tertiary/aromatic N) is 9. The summed E-state index contributed by atoms with van der Waals surface area (Å²) in [6.07, 6.45) is 3.31. The number of nitrogens with one attached hydrogen (secondary N) is 1. The van der Waals surface area contributed by atoms with Crippen LogP contribution in [0, 0.1) is 5.82 Å². The average molecular weight is 604 g/mol. The lowest BCUT2D eigenvalue weighted by molar-refractivity contribution is 0.0383. The summed E-state index contributed by atoms with van der Waals surface area (Å²) >= 11 is 0. The number of rotatable bonds is 9. The number of morpholine rings is 1. The maximum atomic E-state index is 15.1. The van der Waals surface area contributed by atoms with Crippen LogP contribution in [0.25, 0.3) is 28.4 Å². The van der Waals surface area contributed by atoms with E-state index in [1.807, 2.05) is 9.47 Å². The second-order valence-corrected chi connectivity index (χ2v) is 10.9. The van der Waals surface area contributed by atoms with Gasteiger partial charge in [0.25, 0.3) is 5.91 Å². The number of halogens is 1. The number of furan rings is 1. The molecule has 7 rings (SSSR count). The van der Waals surface area contributed by atoms with E-state index in [2.05, 4.69) is 35.2 Å². The molecular formula is C29H34FN11O3. The molecule has 0 bridgehead atoms. The molecule has 15 heteroatoms. The molecule has 44 heavy (non-hydrogen) atoms. The maximum absolute atomic E-state index is 15.1. The van der Waals surface area contributed by atoms with Gasteiger partial charge in [-0.2, -0.15) is 9.50 Å².